The number of rotatable bonds is 7. The van der Waals surface area contributed by atoms with Crippen LogP contribution in [0, 0.1) is 0 Å². The molecule has 0 spiro atoms. The Labute approximate surface area is 114 Å². The van der Waals surface area contributed by atoms with Crippen molar-refractivity contribution in [3.63, 3.8) is 0 Å². The molecule has 4 heteroatoms. The van der Waals surface area contributed by atoms with Crippen LogP contribution < -0.4 is 4.90 Å². The van der Waals surface area contributed by atoms with Crippen molar-refractivity contribution in [2.24, 2.45) is 0 Å². The number of nitrogens with zero attached hydrogens (tertiary/aromatic N) is 1. The summed E-state index contributed by atoms with van der Waals surface area (Å²) in [5, 5.41) is 0. The summed E-state index contributed by atoms with van der Waals surface area (Å²) < 4.78 is 4.75. The van der Waals surface area contributed by atoms with Gasteiger partial charge in [-0.3, -0.25) is 9.59 Å². The molecule has 0 aliphatic rings. The number of esters is 1. The van der Waals surface area contributed by atoms with Crippen LogP contribution >= 0.6 is 0 Å². The molecule has 0 unspecified atom stereocenters. The van der Waals surface area contributed by atoms with Crippen LogP contribution in [0.25, 0.3) is 0 Å². The van der Waals surface area contributed by atoms with Crippen LogP contribution in [0.3, 0.4) is 0 Å². The molecule has 19 heavy (non-hydrogen) atoms. The Balaban J connectivity index is 2.51. The van der Waals surface area contributed by atoms with Crippen molar-refractivity contribution in [2.75, 3.05) is 25.1 Å². The third-order valence-corrected chi connectivity index (χ3v) is 2.85. The van der Waals surface area contributed by atoms with Gasteiger partial charge in [0.05, 0.1) is 13.2 Å². The molecule has 0 saturated carbocycles. The number of hydrogen-bond donors (Lipinski definition) is 0. The second-order valence-electron chi connectivity index (χ2n) is 4.40. The maximum atomic E-state index is 11.7. The maximum absolute atomic E-state index is 11.7. The molecule has 0 aromatic heterocycles. The summed E-state index contributed by atoms with van der Waals surface area (Å²) in [5.41, 5.74) is 2.23. The van der Waals surface area contributed by atoms with Gasteiger partial charge in [0.1, 0.15) is 6.42 Å². The van der Waals surface area contributed by atoms with Crippen molar-refractivity contribution in [3.05, 3.63) is 29.8 Å². The molecule has 0 bridgehead atoms. The number of aryl methyl sites for hydroxylation is 1. The van der Waals surface area contributed by atoms with E-state index in [0.29, 0.717) is 6.61 Å². The fourth-order valence-corrected chi connectivity index (χ4v) is 1.77. The topological polar surface area (TPSA) is 46.6 Å². The van der Waals surface area contributed by atoms with Crippen molar-refractivity contribution < 1.29 is 14.3 Å². The van der Waals surface area contributed by atoms with Crippen molar-refractivity contribution in [2.45, 2.75) is 26.7 Å². The van der Waals surface area contributed by atoms with Crippen molar-refractivity contribution in [3.8, 4) is 0 Å². The number of anilines is 1. The van der Waals surface area contributed by atoms with E-state index in [1.165, 1.54) is 5.56 Å². The number of ketones is 1. The van der Waals surface area contributed by atoms with Gasteiger partial charge in [-0.1, -0.05) is 19.1 Å². The van der Waals surface area contributed by atoms with Gasteiger partial charge in [0.15, 0.2) is 5.78 Å². The first-order chi connectivity index (χ1) is 9.06. The van der Waals surface area contributed by atoms with Crippen LogP contribution in [-0.4, -0.2) is 32.0 Å². The van der Waals surface area contributed by atoms with Crippen LogP contribution in [0.15, 0.2) is 24.3 Å². The van der Waals surface area contributed by atoms with Crippen LogP contribution in [0.2, 0.25) is 0 Å². The summed E-state index contributed by atoms with van der Waals surface area (Å²) in [5.74, 6) is -0.595. The quantitative estimate of drug-likeness (QED) is 0.559. The second kappa shape index (κ2) is 7.56. The molecule has 0 aliphatic carbocycles. The molecule has 104 valence electrons. The molecule has 1 aromatic carbocycles. The Bertz CT molecular complexity index is 426. The molecule has 0 heterocycles. The van der Waals surface area contributed by atoms with Crippen LogP contribution in [0.1, 0.15) is 25.8 Å². The van der Waals surface area contributed by atoms with Gasteiger partial charge < -0.3 is 9.64 Å². The number of Topliss-reactive ketones (excluding diaryl/α,β-unsaturated/α-hetero) is 1. The number of benzene rings is 1. The van der Waals surface area contributed by atoms with E-state index in [1.807, 2.05) is 36.2 Å². The number of likely N-dealkylation sites (N-methyl/N-ethyl adjacent to an activating group) is 1. The van der Waals surface area contributed by atoms with E-state index >= 15 is 0 Å². The van der Waals surface area contributed by atoms with Gasteiger partial charge in [-0.15, -0.1) is 0 Å². The highest BCUT2D eigenvalue weighted by atomic mass is 16.5. The summed E-state index contributed by atoms with van der Waals surface area (Å²) in [6, 6.07) is 8.05. The Morgan fingerprint density at radius 3 is 2.32 bits per heavy atom. The Morgan fingerprint density at radius 1 is 1.16 bits per heavy atom. The minimum absolute atomic E-state index is 0.138. The zero-order valence-corrected chi connectivity index (χ0v) is 11.8. The number of carbonyl (C=O) groups is 2. The molecule has 4 nitrogen and oxygen atoms in total. The highest BCUT2D eigenvalue weighted by Gasteiger charge is 2.12. The van der Waals surface area contributed by atoms with E-state index in [9.17, 15) is 9.59 Å². The van der Waals surface area contributed by atoms with E-state index < -0.39 is 5.97 Å². The minimum atomic E-state index is -0.456. The second-order valence-corrected chi connectivity index (χ2v) is 4.40. The van der Waals surface area contributed by atoms with Crippen molar-refractivity contribution >= 4 is 17.4 Å². The molecule has 0 amide bonds. The summed E-state index contributed by atoms with van der Waals surface area (Å²) in [7, 11) is 1.84. The monoisotopic (exact) mass is 263 g/mol. The van der Waals surface area contributed by atoms with Gasteiger partial charge in [0.2, 0.25) is 0 Å². The maximum Gasteiger partial charge on any atom is 0.313 e. The van der Waals surface area contributed by atoms with Crippen molar-refractivity contribution in [1.82, 2.24) is 0 Å². The van der Waals surface area contributed by atoms with Crippen LogP contribution in [-0.2, 0) is 20.7 Å². The number of ether oxygens (including phenoxy) is 1. The molecule has 0 aliphatic heterocycles. The van der Waals surface area contributed by atoms with E-state index in [2.05, 4.69) is 6.92 Å². The van der Waals surface area contributed by atoms with Gasteiger partial charge in [-0.2, -0.15) is 0 Å². The highest BCUT2D eigenvalue weighted by molar-refractivity contribution is 5.97. The molecule has 0 atom stereocenters. The lowest BCUT2D eigenvalue weighted by atomic mass is 10.1. The smallest absolute Gasteiger partial charge is 0.313 e. The zero-order valence-electron chi connectivity index (χ0n) is 11.8. The van der Waals surface area contributed by atoms with Gasteiger partial charge in [-0.05, 0) is 31.0 Å². The third kappa shape index (κ3) is 5.12. The average Bonchev–Trinajstić information content (AvgIpc) is 2.38. The Kier molecular flexibility index (Phi) is 6.06. The minimum Gasteiger partial charge on any atom is -0.466 e. The zero-order chi connectivity index (χ0) is 14.3. The summed E-state index contributed by atoms with van der Waals surface area (Å²) in [4.78, 5) is 24.7. The normalized spacial score (nSPS) is 10.1. The van der Waals surface area contributed by atoms with Crippen LogP contribution in [0.4, 0.5) is 5.69 Å². The molecule has 0 saturated heterocycles. The SMILES string of the molecule is CCOC(=O)CC(=O)CN(C)c1ccc(CC)cc1. The molecule has 1 rings (SSSR count). The number of carbonyl (C=O) groups excluding carboxylic acids is 2. The molecule has 0 N–H and O–H groups in total. The fraction of sp³-hybridized carbons (Fsp3) is 0.467. The Morgan fingerprint density at radius 2 is 1.79 bits per heavy atom. The molecule has 0 radical (unpaired) electrons. The van der Waals surface area contributed by atoms with Crippen LogP contribution in [0.5, 0.6) is 0 Å². The Hall–Kier alpha value is -1.84. The predicted octanol–water partition coefficient (Wildman–Crippen LogP) is 2.21. The van der Waals surface area contributed by atoms with Gasteiger partial charge in [0, 0.05) is 12.7 Å². The van der Waals surface area contributed by atoms with Gasteiger partial charge >= 0.3 is 5.97 Å². The van der Waals surface area contributed by atoms with Crippen molar-refractivity contribution in [1.29, 1.82) is 0 Å². The average molecular weight is 263 g/mol. The third-order valence-electron chi connectivity index (χ3n) is 2.85. The molecule has 1 aromatic rings. The van der Waals surface area contributed by atoms with Gasteiger partial charge in [-0.25, -0.2) is 0 Å². The first-order valence-electron chi connectivity index (χ1n) is 6.54. The predicted molar refractivity (Wildman–Crippen MR) is 75.3 cm³/mol. The van der Waals surface area contributed by atoms with E-state index in [0.717, 1.165) is 12.1 Å². The summed E-state index contributed by atoms with van der Waals surface area (Å²) >= 11 is 0. The first-order valence-corrected chi connectivity index (χ1v) is 6.54. The van der Waals surface area contributed by atoms with Gasteiger partial charge in [0.25, 0.3) is 0 Å². The summed E-state index contributed by atoms with van der Waals surface area (Å²) in [6.45, 7) is 4.34. The first kappa shape index (κ1) is 15.2. The highest BCUT2D eigenvalue weighted by Crippen LogP contribution is 2.14. The molecular formula is C15H21NO3. The lowest BCUT2D eigenvalue weighted by molar-refractivity contribution is -0.145. The number of hydrogen-bond acceptors (Lipinski definition) is 4. The lowest BCUT2D eigenvalue weighted by Gasteiger charge is -2.18. The standard InChI is InChI=1S/C15H21NO3/c1-4-12-6-8-13(9-7-12)16(3)11-14(17)10-15(18)19-5-2/h6-9H,4-5,10-11H2,1-3H3. The fourth-order valence-electron chi connectivity index (χ4n) is 1.77. The summed E-state index contributed by atoms with van der Waals surface area (Å²) in [6.07, 6.45) is 0.830. The largest absolute Gasteiger partial charge is 0.466 e. The molecular weight excluding hydrogens is 242 g/mol. The lowest BCUT2D eigenvalue weighted by Crippen LogP contribution is -2.27. The molecule has 0 fully saturated rings. The van der Waals surface area contributed by atoms with E-state index in [1.54, 1.807) is 6.92 Å². The van der Waals surface area contributed by atoms with E-state index in [4.69, 9.17) is 4.74 Å². The van der Waals surface area contributed by atoms with E-state index in [-0.39, 0.29) is 18.7 Å².